The van der Waals surface area contributed by atoms with Crippen LogP contribution in [0.5, 0.6) is 5.75 Å². The number of nitrogens with zero attached hydrogens (tertiary/aromatic N) is 2. The van der Waals surface area contributed by atoms with Crippen LogP contribution in [-0.4, -0.2) is 33.7 Å². The van der Waals surface area contributed by atoms with Crippen molar-refractivity contribution in [3.8, 4) is 5.75 Å². The Kier molecular flexibility index (Phi) is 6.14. The number of para-hydroxylation sites is 1. The number of aliphatic hydroxyl groups is 1. The smallest absolute Gasteiger partial charge is 0.433 e. The fraction of sp³-hybridized carbons (Fsp3) is 0.353. The van der Waals surface area contributed by atoms with Crippen LogP contribution in [-0.2, 0) is 17.5 Å². The summed E-state index contributed by atoms with van der Waals surface area (Å²) in [5.41, 5.74) is -0.120. The summed E-state index contributed by atoms with van der Waals surface area (Å²) < 4.78 is 43.6. The standard InChI is InChI=1S/C17H18F3N3O3/c1-10-5-3-4-6-13(10)26-9-12(24)16(25)21-8-15-22-11(2)7-14(23-15)17(18,19)20/h3-7,12,24H,8-9H2,1-2H3,(H,21,25). The van der Waals surface area contributed by atoms with Gasteiger partial charge >= 0.3 is 6.18 Å². The van der Waals surface area contributed by atoms with Crippen molar-refractivity contribution in [2.75, 3.05) is 6.61 Å². The maximum atomic E-state index is 12.7. The number of alkyl halides is 3. The number of rotatable bonds is 6. The summed E-state index contributed by atoms with van der Waals surface area (Å²) in [7, 11) is 0. The third-order valence-electron chi connectivity index (χ3n) is 3.40. The predicted octanol–water partition coefficient (Wildman–Crippen LogP) is 2.17. The molecule has 9 heteroatoms. The van der Waals surface area contributed by atoms with Gasteiger partial charge < -0.3 is 15.2 Å². The fourth-order valence-corrected chi connectivity index (χ4v) is 2.10. The van der Waals surface area contributed by atoms with E-state index in [9.17, 15) is 23.1 Å². The summed E-state index contributed by atoms with van der Waals surface area (Å²) >= 11 is 0. The van der Waals surface area contributed by atoms with E-state index in [2.05, 4.69) is 15.3 Å². The molecule has 140 valence electrons. The van der Waals surface area contributed by atoms with Crippen LogP contribution in [0.15, 0.2) is 30.3 Å². The molecule has 1 heterocycles. The molecule has 0 fully saturated rings. The van der Waals surface area contributed by atoms with Crippen LogP contribution in [0, 0.1) is 13.8 Å². The van der Waals surface area contributed by atoms with E-state index >= 15 is 0 Å². The molecule has 1 atom stereocenters. The average molecular weight is 369 g/mol. The van der Waals surface area contributed by atoms with Gasteiger partial charge in [0.1, 0.15) is 23.9 Å². The van der Waals surface area contributed by atoms with Crippen molar-refractivity contribution in [2.24, 2.45) is 0 Å². The summed E-state index contributed by atoms with van der Waals surface area (Å²) in [5, 5.41) is 12.1. The SMILES string of the molecule is Cc1cc(C(F)(F)F)nc(CNC(=O)C(O)COc2ccccc2C)n1. The minimum absolute atomic E-state index is 0.125. The van der Waals surface area contributed by atoms with E-state index in [0.29, 0.717) is 5.75 Å². The van der Waals surface area contributed by atoms with Crippen molar-refractivity contribution in [3.05, 3.63) is 53.1 Å². The molecule has 2 rings (SSSR count). The number of aromatic nitrogens is 2. The maximum Gasteiger partial charge on any atom is 0.433 e. The second-order valence-electron chi connectivity index (χ2n) is 5.62. The summed E-state index contributed by atoms with van der Waals surface area (Å²) in [6.45, 7) is 2.58. The molecule has 26 heavy (non-hydrogen) atoms. The highest BCUT2D eigenvalue weighted by atomic mass is 19.4. The molecule has 0 bridgehead atoms. The first-order valence-corrected chi connectivity index (χ1v) is 7.73. The lowest BCUT2D eigenvalue weighted by molar-refractivity contribution is -0.141. The Bertz CT molecular complexity index is 781. The van der Waals surface area contributed by atoms with Gasteiger partial charge in [0.2, 0.25) is 0 Å². The Labute approximate surface area is 148 Å². The molecule has 0 aliphatic rings. The average Bonchev–Trinajstić information content (AvgIpc) is 2.57. The van der Waals surface area contributed by atoms with E-state index in [1.54, 1.807) is 12.1 Å². The molecule has 0 radical (unpaired) electrons. The summed E-state index contributed by atoms with van der Waals surface area (Å²) in [5.74, 6) is -0.467. The zero-order chi connectivity index (χ0) is 19.3. The number of aliphatic hydroxyl groups excluding tert-OH is 1. The summed E-state index contributed by atoms with van der Waals surface area (Å²) in [6.07, 6.45) is -6.09. The molecule has 6 nitrogen and oxygen atoms in total. The molecule has 2 N–H and O–H groups in total. The monoisotopic (exact) mass is 369 g/mol. The molecule has 1 amide bonds. The number of amides is 1. The number of benzene rings is 1. The van der Waals surface area contributed by atoms with Gasteiger partial charge in [-0.05, 0) is 31.5 Å². The van der Waals surface area contributed by atoms with Crippen molar-refractivity contribution < 1.29 is 27.8 Å². The van der Waals surface area contributed by atoms with Gasteiger partial charge in [0.15, 0.2) is 6.10 Å². The van der Waals surface area contributed by atoms with E-state index in [1.807, 2.05) is 19.1 Å². The number of ether oxygens (including phenoxy) is 1. The number of carbonyl (C=O) groups is 1. The molecule has 0 spiro atoms. The minimum atomic E-state index is -4.60. The van der Waals surface area contributed by atoms with Crippen LogP contribution in [0.25, 0.3) is 0 Å². The Hall–Kier alpha value is -2.68. The van der Waals surface area contributed by atoms with Crippen molar-refractivity contribution >= 4 is 5.91 Å². The van der Waals surface area contributed by atoms with Gasteiger partial charge in [-0.1, -0.05) is 18.2 Å². The highest BCUT2D eigenvalue weighted by molar-refractivity contribution is 5.80. The van der Waals surface area contributed by atoms with Gasteiger partial charge in [0.25, 0.3) is 5.91 Å². The lowest BCUT2D eigenvalue weighted by atomic mass is 10.2. The second-order valence-corrected chi connectivity index (χ2v) is 5.62. The molecule has 2 aromatic rings. The van der Waals surface area contributed by atoms with Crippen LogP contribution in [0.1, 0.15) is 22.8 Å². The largest absolute Gasteiger partial charge is 0.490 e. The zero-order valence-corrected chi connectivity index (χ0v) is 14.2. The third-order valence-corrected chi connectivity index (χ3v) is 3.40. The minimum Gasteiger partial charge on any atom is -0.490 e. The van der Waals surface area contributed by atoms with Crippen LogP contribution in [0.3, 0.4) is 0 Å². The molecular formula is C17H18F3N3O3. The van der Waals surface area contributed by atoms with Crippen LogP contribution < -0.4 is 10.1 Å². The molecule has 0 saturated heterocycles. The van der Waals surface area contributed by atoms with Crippen molar-refractivity contribution in [2.45, 2.75) is 32.7 Å². The summed E-state index contributed by atoms with van der Waals surface area (Å²) in [6, 6.07) is 7.90. The quantitative estimate of drug-likeness (QED) is 0.815. The first-order valence-electron chi connectivity index (χ1n) is 7.73. The molecule has 0 aliphatic carbocycles. The van der Waals surface area contributed by atoms with Crippen molar-refractivity contribution in [1.82, 2.24) is 15.3 Å². The van der Waals surface area contributed by atoms with Gasteiger partial charge in [-0.15, -0.1) is 0 Å². The Balaban J connectivity index is 1.92. The molecule has 1 aromatic carbocycles. The van der Waals surface area contributed by atoms with Gasteiger partial charge in [0.05, 0.1) is 6.54 Å². The van der Waals surface area contributed by atoms with Gasteiger partial charge in [-0.25, -0.2) is 9.97 Å². The predicted molar refractivity (Wildman–Crippen MR) is 86.3 cm³/mol. The Morgan fingerprint density at radius 2 is 1.96 bits per heavy atom. The van der Waals surface area contributed by atoms with E-state index in [4.69, 9.17) is 4.74 Å². The number of aryl methyl sites for hydroxylation is 2. The topological polar surface area (TPSA) is 84.3 Å². The highest BCUT2D eigenvalue weighted by Crippen LogP contribution is 2.27. The fourth-order valence-electron chi connectivity index (χ4n) is 2.10. The molecule has 0 saturated carbocycles. The number of carbonyl (C=O) groups excluding carboxylic acids is 1. The molecule has 1 unspecified atom stereocenters. The second kappa shape index (κ2) is 8.13. The first kappa shape index (κ1) is 19.6. The van der Waals surface area contributed by atoms with Crippen molar-refractivity contribution in [3.63, 3.8) is 0 Å². The third kappa shape index (κ3) is 5.41. The van der Waals surface area contributed by atoms with Crippen LogP contribution in [0.2, 0.25) is 0 Å². The van der Waals surface area contributed by atoms with Crippen LogP contribution in [0.4, 0.5) is 13.2 Å². The van der Waals surface area contributed by atoms with E-state index < -0.39 is 23.9 Å². The molecule has 1 aromatic heterocycles. The highest BCUT2D eigenvalue weighted by Gasteiger charge is 2.33. The van der Waals surface area contributed by atoms with Crippen molar-refractivity contribution in [1.29, 1.82) is 0 Å². The van der Waals surface area contributed by atoms with Gasteiger partial charge in [-0.3, -0.25) is 4.79 Å². The lowest BCUT2D eigenvalue weighted by Gasteiger charge is -2.14. The van der Waals surface area contributed by atoms with E-state index in [1.165, 1.54) is 6.92 Å². The van der Waals surface area contributed by atoms with Crippen LogP contribution >= 0.6 is 0 Å². The number of halogens is 3. The lowest BCUT2D eigenvalue weighted by Crippen LogP contribution is -2.38. The Morgan fingerprint density at radius 3 is 2.62 bits per heavy atom. The molecule has 0 aliphatic heterocycles. The van der Waals surface area contributed by atoms with E-state index in [-0.39, 0.29) is 24.7 Å². The zero-order valence-electron chi connectivity index (χ0n) is 14.2. The van der Waals surface area contributed by atoms with E-state index in [0.717, 1.165) is 11.6 Å². The normalized spacial score (nSPS) is 12.5. The number of hydrogen-bond donors (Lipinski definition) is 2. The Morgan fingerprint density at radius 1 is 1.27 bits per heavy atom. The maximum absolute atomic E-state index is 12.7. The number of hydrogen-bond acceptors (Lipinski definition) is 5. The first-order chi connectivity index (χ1) is 12.2. The van der Waals surface area contributed by atoms with Gasteiger partial charge in [0, 0.05) is 5.69 Å². The van der Waals surface area contributed by atoms with Gasteiger partial charge in [-0.2, -0.15) is 13.2 Å². The summed E-state index contributed by atoms with van der Waals surface area (Å²) in [4.78, 5) is 19.1. The number of nitrogens with one attached hydrogen (secondary N) is 1. The molecular weight excluding hydrogens is 351 g/mol.